The zero-order chi connectivity index (χ0) is 18.0. The van der Waals surface area contributed by atoms with Crippen molar-refractivity contribution in [1.29, 1.82) is 0 Å². The molecule has 0 heterocycles. The summed E-state index contributed by atoms with van der Waals surface area (Å²) in [6, 6.07) is 6.80. The van der Waals surface area contributed by atoms with Gasteiger partial charge in [0.15, 0.2) is 5.96 Å². The standard InChI is InChI=1S/C17H27FN4OS/c1-17(2,3)22-15(23)11-21-16(19-4)20-9-10-24-12-13-7-5-6-8-14(13)18/h5-8H,9-12H2,1-4H3,(H,22,23)(H2,19,20,21). The first kappa shape index (κ1) is 20.3. The van der Waals surface area contributed by atoms with Crippen LogP contribution >= 0.6 is 11.8 Å². The molecule has 5 nitrogen and oxygen atoms in total. The molecule has 0 aromatic heterocycles. The summed E-state index contributed by atoms with van der Waals surface area (Å²) in [4.78, 5) is 15.8. The van der Waals surface area contributed by atoms with Crippen LogP contribution in [-0.4, -0.2) is 43.3 Å². The topological polar surface area (TPSA) is 65.5 Å². The van der Waals surface area contributed by atoms with Gasteiger partial charge in [-0.15, -0.1) is 0 Å². The van der Waals surface area contributed by atoms with Crippen molar-refractivity contribution in [2.45, 2.75) is 32.1 Å². The van der Waals surface area contributed by atoms with E-state index in [0.29, 0.717) is 23.8 Å². The molecule has 0 radical (unpaired) electrons. The van der Waals surface area contributed by atoms with E-state index in [1.807, 2.05) is 26.8 Å². The van der Waals surface area contributed by atoms with Crippen LogP contribution in [0, 0.1) is 5.82 Å². The van der Waals surface area contributed by atoms with Crippen molar-refractivity contribution in [3.05, 3.63) is 35.6 Å². The zero-order valence-corrected chi connectivity index (χ0v) is 15.6. The molecule has 0 spiro atoms. The van der Waals surface area contributed by atoms with E-state index in [1.165, 1.54) is 6.07 Å². The van der Waals surface area contributed by atoms with Gasteiger partial charge < -0.3 is 16.0 Å². The molecule has 24 heavy (non-hydrogen) atoms. The van der Waals surface area contributed by atoms with Gasteiger partial charge in [-0.25, -0.2) is 4.39 Å². The lowest BCUT2D eigenvalue weighted by Gasteiger charge is -2.21. The maximum absolute atomic E-state index is 13.5. The highest BCUT2D eigenvalue weighted by atomic mass is 32.2. The predicted molar refractivity (Wildman–Crippen MR) is 99.8 cm³/mol. The van der Waals surface area contributed by atoms with Crippen molar-refractivity contribution < 1.29 is 9.18 Å². The maximum Gasteiger partial charge on any atom is 0.239 e. The van der Waals surface area contributed by atoms with Crippen LogP contribution in [0.4, 0.5) is 4.39 Å². The molecule has 1 aromatic rings. The fraction of sp³-hybridized carbons (Fsp3) is 0.529. The van der Waals surface area contributed by atoms with E-state index in [4.69, 9.17) is 0 Å². The summed E-state index contributed by atoms with van der Waals surface area (Å²) in [6.07, 6.45) is 0. The first-order chi connectivity index (χ1) is 11.3. The second-order valence-electron chi connectivity index (χ2n) is 6.29. The van der Waals surface area contributed by atoms with E-state index in [0.717, 1.165) is 5.75 Å². The lowest BCUT2D eigenvalue weighted by atomic mass is 10.1. The number of thioether (sulfide) groups is 1. The van der Waals surface area contributed by atoms with Crippen LogP contribution < -0.4 is 16.0 Å². The number of hydrogen-bond acceptors (Lipinski definition) is 3. The summed E-state index contributed by atoms with van der Waals surface area (Å²) in [5, 5.41) is 8.97. The molecule has 0 unspecified atom stereocenters. The van der Waals surface area contributed by atoms with E-state index in [1.54, 1.807) is 30.9 Å². The molecule has 1 rings (SSSR count). The SMILES string of the molecule is CN=C(NCCSCc1ccccc1F)NCC(=O)NC(C)(C)C. The van der Waals surface area contributed by atoms with Gasteiger partial charge in [0.1, 0.15) is 5.82 Å². The lowest BCUT2D eigenvalue weighted by Crippen LogP contribution is -2.48. The number of benzene rings is 1. The average molecular weight is 354 g/mol. The van der Waals surface area contributed by atoms with Crippen LogP contribution in [0.5, 0.6) is 0 Å². The number of guanidine groups is 1. The third-order valence-corrected chi connectivity index (χ3v) is 3.92. The minimum atomic E-state index is -0.251. The summed E-state index contributed by atoms with van der Waals surface area (Å²) < 4.78 is 13.5. The number of rotatable bonds is 7. The smallest absolute Gasteiger partial charge is 0.239 e. The summed E-state index contributed by atoms with van der Waals surface area (Å²) in [5.41, 5.74) is 0.461. The maximum atomic E-state index is 13.5. The highest BCUT2D eigenvalue weighted by Gasteiger charge is 2.13. The molecule has 1 aromatic carbocycles. The Bertz CT molecular complexity index is 558. The Labute approximate surface area is 147 Å². The largest absolute Gasteiger partial charge is 0.356 e. The fourth-order valence-corrected chi connectivity index (χ4v) is 2.73. The molecule has 0 aliphatic heterocycles. The first-order valence-electron chi connectivity index (χ1n) is 7.88. The second-order valence-corrected chi connectivity index (χ2v) is 7.40. The van der Waals surface area contributed by atoms with Gasteiger partial charge >= 0.3 is 0 Å². The number of carbonyl (C=O) groups excluding carboxylic acids is 1. The molecular formula is C17H27FN4OS. The van der Waals surface area contributed by atoms with Gasteiger partial charge in [0, 0.05) is 30.6 Å². The Hall–Kier alpha value is -1.76. The Morgan fingerprint density at radius 3 is 2.58 bits per heavy atom. The number of carbonyl (C=O) groups is 1. The summed E-state index contributed by atoms with van der Waals surface area (Å²) >= 11 is 1.64. The van der Waals surface area contributed by atoms with Gasteiger partial charge in [0.2, 0.25) is 5.91 Å². The number of aliphatic imine (C=N–C) groups is 1. The van der Waals surface area contributed by atoms with Crippen LogP contribution in [0.3, 0.4) is 0 Å². The quantitative estimate of drug-likeness (QED) is 0.399. The number of amides is 1. The minimum absolute atomic E-state index is 0.0839. The number of nitrogens with one attached hydrogen (secondary N) is 3. The van der Waals surface area contributed by atoms with Crippen molar-refractivity contribution in [3.8, 4) is 0 Å². The van der Waals surface area contributed by atoms with Crippen molar-refractivity contribution in [2.24, 2.45) is 4.99 Å². The van der Waals surface area contributed by atoms with Crippen molar-refractivity contribution >= 4 is 23.6 Å². The molecular weight excluding hydrogens is 327 g/mol. The van der Waals surface area contributed by atoms with Crippen molar-refractivity contribution in [1.82, 2.24) is 16.0 Å². The van der Waals surface area contributed by atoms with E-state index >= 15 is 0 Å². The monoisotopic (exact) mass is 354 g/mol. The van der Waals surface area contributed by atoms with Crippen molar-refractivity contribution in [2.75, 3.05) is 25.9 Å². The molecule has 0 fully saturated rings. The molecule has 0 aliphatic carbocycles. The Kier molecular flexibility index (Phi) is 8.60. The third-order valence-electron chi connectivity index (χ3n) is 2.91. The van der Waals surface area contributed by atoms with Crippen molar-refractivity contribution in [3.63, 3.8) is 0 Å². The third kappa shape index (κ3) is 8.76. The van der Waals surface area contributed by atoms with E-state index in [9.17, 15) is 9.18 Å². The van der Waals surface area contributed by atoms with E-state index < -0.39 is 0 Å². The van der Waals surface area contributed by atoms with Gasteiger partial charge in [0.05, 0.1) is 6.54 Å². The predicted octanol–water partition coefficient (Wildman–Crippen LogP) is 2.14. The van der Waals surface area contributed by atoms with Crippen LogP contribution in [0.1, 0.15) is 26.3 Å². The lowest BCUT2D eigenvalue weighted by molar-refractivity contribution is -0.121. The summed E-state index contributed by atoms with van der Waals surface area (Å²) in [5.74, 6) is 1.77. The Morgan fingerprint density at radius 1 is 1.25 bits per heavy atom. The number of hydrogen-bond donors (Lipinski definition) is 3. The molecule has 0 atom stereocenters. The van der Waals surface area contributed by atoms with Gasteiger partial charge in [0.25, 0.3) is 0 Å². The van der Waals surface area contributed by atoms with Crippen LogP contribution in [0.2, 0.25) is 0 Å². The van der Waals surface area contributed by atoms with Crippen LogP contribution in [0.25, 0.3) is 0 Å². The summed E-state index contributed by atoms with van der Waals surface area (Å²) in [6.45, 7) is 6.65. The van der Waals surface area contributed by atoms with Crippen LogP contribution in [0.15, 0.2) is 29.3 Å². The molecule has 0 saturated heterocycles. The number of nitrogens with zero attached hydrogens (tertiary/aromatic N) is 1. The first-order valence-corrected chi connectivity index (χ1v) is 9.04. The van der Waals surface area contributed by atoms with Crippen LogP contribution in [-0.2, 0) is 10.5 Å². The second kappa shape index (κ2) is 10.2. The molecule has 1 amide bonds. The highest BCUT2D eigenvalue weighted by Crippen LogP contribution is 2.14. The molecule has 3 N–H and O–H groups in total. The van der Waals surface area contributed by atoms with Gasteiger partial charge in [-0.2, -0.15) is 11.8 Å². The normalized spacial score (nSPS) is 12.0. The molecule has 0 saturated carbocycles. The molecule has 134 valence electrons. The highest BCUT2D eigenvalue weighted by molar-refractivity contribution is 7.98. The van der Waals surface area contributed by atoms with Gasteiger partial charge in [-0.1, -0.05) is 18.2 Å². The minimum Gasteiger partial charge on any atom is -0.356 e. The molecule has 0 bridgehead atoms. The number of halogens is 1. The Balaban J connectivity index is 2.20. The van der Waals surface area contributed by atoms with Gasteiger partial charge in [-0.05, 0) is 32.4 Å². The van der Waals surface area contributed by atoms with E-state index in [2.05, 4.69) is 20.9 Å². The molecule has 0 aliphatic rings. The summed E-state index contributed by atoms with van der Waals surface area (Å²) in [7, 11) is 1.66. The average Bonchev–Trinajstić information content (AvgIpc) is 2.50. The zero-order valence-electron chi connectivity index (χ0n) is 14.8. The van der Waals surface area contributed by atoms with E-state index in [-0.39, 0.29) is 23.8 Å². The Morgan fingerprint density at radius 2 is 1.96 bits per heavy atom. The molecule has 7 heteroatoms. The fourth-order valence-electron chi connectivity index (χ4n) is 1.89. The van der Waals surface area contributed by atoms with Gasteiger partial charge in [-0.3, -0.25) is 9.79 Å².